The van der Waals surface area contributed by atoms with Gasteiger partial charge in [0.15, 0.2) is 0 Å². The second-order valence-corrected chi connectivity index (χ2v) is 7.19. The maximum absolute atomic E-state index is 12.6. The number of benzene rings is 1. The molecule has 0 atom stereocenters. The van der Waals surface area contributed by atoms with Crippen molar-refractivity contribution in [3.8, 4) is 0 Å². The van der Waals surface area contributed by atoms with E-state index in [0.717, 1.165) is 0 Å². The van der Waals surface area contributed by atoms with Crippen LogP contribution in [-0.4, -0.2) is 59.7 Å². The molecule has 1 aliphatic rings. The van der Waals surface area contributed by atoms with Crippen LogP contribution in [-0.2, 0) is 26.1 Å². The molecule has 2 heterocycles. The van der Waals surface area contributed by atoms with Gasteiger partial charge < -0.3 is 14.4 Å². The minimum atomic E-state index is -3.56. The Labute approximate surface area is 133 Å². The first-order valence-corrected chi connectivity index (χ1v) is 8.67. The zero-order chi connectivity index (χ0) is 16.4. The molecule has 1 saturated heterocycles. The van der Waals surface area contributed by atoms with Crippen molar-refractivity contribution in [2.45, 2.75) is 17.9 Å². The van der Waals surface area contributed by atoms with Gasteiger partial charge in [0.05, 0.1) is 41.9 Å². The molecule has 3 rings (SSSR count). The largest absolute Gasteiger partial charge is 0.481 e. The summed E-state index contributed by atoms with van der Waals surface area (Å²) in [5.74, 6) is -0.890. The average molecular weight is 339 g/mol. The summed E-state index contributed by atoms with van der Waals surface area (Å²) < 4.78 is 33.5. The van der Waals surface area contributed by atoms with Gasteiger partial charge in [-0.2, -0.15) is 4.31 Å². The Morgan fingerprint density at radius 1 is 1.30 bits per heavy atom. The van der Waals surface area contributed by atoms with E-state index in [1.165, 1.54) is 22.8 Å². The molecule has 0 radical (unpaired) electrons. The van der Waals surface area contributed by atoms with Crippen LogP contribution in [0.15, 0.2) is 29.4 Å². The summed E-state index contributed by atoms with van der Waals surface area (Å²) >= 11 is 0. The van der Waals surface area contributed by atoms with E-state index in [1.54, 1.807) is 10.6 Å². The maximum atomic E-state index is 12.6. The van der Waals surface area contributed by atoms with Gasteiger partial charge in [-0.3, -0.25) is 4.79 Å². The third-order valence-electron chi connectivity index (χ3n) is 3.77. The van der Waals surface area contributed by atoms with Gasteiger partial charge in [-0.05, 0) is 18.2 Å². The van der Waals surface area contributed by atoms with Crippen LogP contribution >= 0.6 is 0 Å². The third kappa shape index (κ3) is 3.21. The van der Waals surface area contributed by atoms with Gasteiger partial charge in [0.2, 0.25) is 10.0 Å². The minimum absolute atomic E-state index is 0.0146. The number of carboxylic acid groups (broad SMARTS) is 1. The molecule has 0 aliphatic carbocycles. The fourth-order valence-electron chi connectivity index (χ4n) is 2.53. The number of nitrogens with zero attached hydrogens (tertiary/aromatic N) is 3. The zero-order valence-electron chi connectivity index (χ0n) is 12.4. The quantitative estimate of drug-likeness (QED) is 0.853. The molecule has 0 unspecified atom stereocenters. The van der Waals surface area contributed by atoms with Crippen molar-refractivity contribution in [3.05, 3.63) is 24.5 Å². The van der Waals surface area contributed by atoms with Gasteiger partial charge in [-0.15, -0.1) is 0 Å². The van der Waals surface area contributed by atoms with Crippen LogP contribution in [0.2, 0.25) is 0 Å². The van der Waals surface area contributed by atoms with Crippen LogP contribution in [0, 0.1) is 0 Å². The molecule has 1 aliphatic heterocycles. The Balaban J connectivity index is 1.89. The number of rotatable bonds is 5. The van der Waals surface area contributed by atoms with E-state index in [0.29, 0.717) is 43.9 Å². The Bertz CT molecular complexity index is 824. The van der Waals surface area contributed by atoms with Crippen LogP contribution in [0.3, 0.4) is 0 Å². The lowest BCUT2D eigenvalue weighted by atomic mass is 10.3. The van der Waals surface area contributed by atoms with Gasteiger partial charge in [0.1, 0.15) is 0 Å². The summed E-state index contributed by atoms with van der Waals surface area (Å²) in [6.45, 7) is 1.76. The zero-order valence-corrected chi connectivity index (χ0v) is 13.2. The summed E-state index contributed by atoms with van der Waals surface area (Å²) in [6.07, 6.45) is 1.51. The monoisotopic (exact) mass is 339 g/mol. The van der Waals surface area contributed by atoms with Crippen LogP contribution in [0.5, 0.6) is 0 Å². The number of aryl methyl sites for hydroxylation is 1. The van der Waals surface area contributed by atoms with Gasteiger partial charge >= 0.3 is 5.97 Å². The van der Waals surface area contributed by atoms with Crippen molar-refractivity contribution in [2.75, 3.05) is 26.3 Å². The first-order valence-electron chi connectivity index (χ1n) is 7.23. The van der Waals surface area contributed by atoms with Crippen molar-refractivity contribution in [3.63, 3.8) is 0 Å². The van der Waals surface area contributed by atoms with E-state index >= 15 is 0 Å². The molecule has 2 aromatic rings. The Kier molecular flexibility index (Phi) is 4.33. The van der Waals surface area contributed by atoms with Crippen molar-refractivity contribution >= 4 is 27.0 Å². The number of aromatic nitrogens is 2. The lowest BCUT2D eigenvalue weighted by molar-refractivity contribution is -0.137. The molecular formula is C14H17N3O5S. The topological polar surface area (TPSA) is 102 Å². The molecule has 1 fully saturated rings. The highest BCUT2D eigenvalue weighted by molar-refractivity contribution is 7.89. The molecule has 1 aromatic heterocycles. The summed E-state index contributed by atoms with van der Waals surface area (Å²) in [5, 5.41) is 8.75. The lowest BCUT2D eigenvalue weighted by Crippen LogP contribution is -2.40. The number of carbonyl (C=O) groups is 1. The molecule has 9 heteroatoms. The Morgan fingerprint density at radius 2 is 2.04 bits per heavy atom. The van der Waals surface area contributed by atoms with E-state index in [-0.39, 0.29) is 11.3 Å². The molecular weight excluding hydrogens is 322 g/mol. The van der Waals surface area contributed by atoms with Crippen molar-refractivity contribution in [1.82, 2.24) is 13.9 Å². The predicted molar refractivity (Wildman–Crippen MR) is 81.6 cm³/mol. The molecule has 0 spiro atoms. The summed E-state index contributed by atoms with van der Waals surface area (Å²) in [5.41, 5.74) is 1.25. The number of ether oxygens (including phenoxy) is 1. The number of morpholine rings is 1. The lowest BCUT2D eigenvalue weighted by Gasteiger charge is -2.26. The fraction of sp³-hybridized carbons (Fsp3) is 0.429. The van der Waals surface area contributed by atoms with Crippen LogP contribution < -0.4 is 0 Å². The maximum Gasteiger partial charge on any atom is 0.305 e. The molecule has 0 amide bonds. The molecule has 0 bridgehead atoms. The van der Waals surface area contributed by atoms with Gasteiger partial charge in [0, 0.05) is 19.6 Å². The summed E-state index contributed by atoms with van der Waals surface area (Å²) in [4.78, 5) is 15.0. The minimum Gasteiger partial charge on any atom is -0.481 e. The first-order chi connectivity index (χ1) is 11.0. The van der Waals surface area contributed by atoms with Gasteiger partial charge in [-0.1, -0.05) is 0 Å². The number of imidazole rings is 1. The Hall–Kier alpha value is -1.97. The van der Waals surface area contributed by atoms with Gasteiger partial charge in [0.25, 0.3) is 0 Å². The number of hydrogen-bond acceptors (Lipinski definition) is 5. The number of carboxylic acids is 1. The normalized spacial score (nSPS) is 16.7. The first kappa shape index (κ1) is 15.9. The Morgan fingerprint density at radius 3 is 2.74 bits per heavy atom. The van der Waals surface area contributed by atoms with Crippen LogP contribution in [0.4, 0.5) is 0 Å². The highest BCUT2D eigenvalue weighted by Crippen LogP contribution is 2.22. The number of sulfonamides is 1. The third-order valence-corrected chi connectivity index (χ3v) is 5.66. The van der Waals surface area contributed by atoms with E-state index in [4.69, 9.17) is 9.84 Å². The molecule has 1 N–H and O–H groups in total. The highest BCUT2D eigenvalue weighted by atomic mass is 32.2. The van der Waals surface area contributed by atoms with Crippen molar-refractivity contribution in [1.29, 1.82) is 0 Å². The number of fused-ring (bicyclic) bond motifs is 1. The molecule has 0 saturated carbocycles. The van der Waals surface area contributed by atoms with Crippen LogP contribution in [0.25, 0.3) is 11.0 Å². The molecule has 23 heavy (non-hydrogen) atoms. The average Bonchev–Trinajstić information content (AvgIpc) is 2.96. The molecule has 124 valence electrons. The van der Waals surface area contributed by atoms with Gasteiger partial charge in [-0.25, -0.2) is 13.4 Å². The van der Waals surface area contributed by atoms with E-state index < -0.39 is 16.0 Å². The second kappa shape index (κ2) is 6.26. The SMILES string of the molecule is O=C(O)CCn1cnc2cc(S(=O)(=O)N3CCOCC3)ccc21. The fourth-order valence-corrected chi connectivity index (χ4v) is 3.96. The predicted octanol–water partition coefficient (Wildman–Crippen LogP) is 0.532. The number of aliphatic carboxylic acids is 1. The number of hydrogen-bond donors (Lipinski definition) is 1. The summed E-state index contributed by atoms with van der Waals surface area (Å²) in [7, 11) is -3.56. The van der Waals surface area contributed by atoms with Crippen LogP contribution in [0.1, 0.15) is 6.42 Å². The van der Waals surface area contributed by atoms with E-state index in [1.807, 2.05) is 0 Å². The smallest absolute Gasteiger partial charge is 0.305 e. The van der Waals surface area contributed by atoms with Crippen molar-refractivity contribution < 1.29 is 23.1 Å². The summed E-state index contributed by atoms with van der Waals surface area (Å²) in [6, 6.07) is 4.72. The standard InChI is InChI=1S/C14H17N3O5S/c18-14(19)3-4-16-10-15-12-9-11(1-2-13(12)16)23(20,21)17-5-7-22-8-6-17/h1-2,9-10H,3-8H2,(H,18,19). The molecule has 1 aromatic carbocycles. The van der Waals surface area contributed by atoms with E-state index in [9.17, 15) is 13.2 Å². The molecule has 8 nitrogen and oxygen atoms in total. The van der Waals surface area contributed by atoms with E-state index in [2.05, 4.69) is 4.98 Å². The van der Waals surface area contributed by atoms with Crippen molar-refractivity contribution in [2.24, 2.45) is 0 Å². The highest BCUT2D eigenvalue weighted by Gasteiger charge is 2.26. The second-order valence-electron chi connectivity index (χ2n) is 5.25.